The van der Waals surface area contributed by atoms with Crippen LogP contribution in [0, 0.1) is 0 Å². The zero-order valence-electron chi connectivity index (χ0n) is 14.8. The summed E-state index contributed by atoms with van der Waals surface area (Å²) < 4.78 is 15.8. The minimum atomic E-state index is -0.672. The van der Waals surface area contributed by atoms with Crippen LogP contribution in [0.5, 0.6) is 0 Å². The third-order valence-corrected chi connectivity index (χ3v) is 3.19. The third-order valence-electron chi connectivity index (χ3n) is 3.19. The molecule has 0 heterocycles. The molecule has 1 rings (SSSR count). The number of carbonyl (C=O) groups is 3. The van der Waals surface area contributed by atoms with E-state index in [-0.39, 0.29) is 17.8 Å². The molecule has 1 aromatic carbocycles. The van der Waals surface area contributed by atoms with Crippen molar-refractivity contribution in [1.82, 2.24) is 5.32 Å². The van der Waals surface area contributed by atoms with E-state index in [1.165, 1.54) is 12.1 Å². The summed E-state index contributed by atoms with van der Waals surface area (Å²) >= 11 is 0. The number of amides is 1. The van der Waals surface area contributed by atoms with Crippen LogP contribution in [0.25, 0.3) is 10.4 Å². The Hall–Kier alpha value is -2.78. The molecule has 0 radical (unpaired) electrons. The fourth-order valence-corrected chi connectivity index (χ4v) is 1.91. The highest BCUT2D eigenvalue weighted by atomic mass is 16.5. The van der Waals surface area contributed by atoms with Crippen molar-refractivity contribution in [1.29, 1.82) is 0 Å². The Bertz CT molecular complexity index is 661. The summed E-state index contributed by atoms with van der Waals surface area (Å²) in [7, 11) is 0. The van der Waals surface area contributed by atoms with Crippen LogP contribution in [0.1, 0.15) is 20.7 Å². The van der Waals surface area contributed by atoms with Crippen molar-refractivity contribution in [3.8, 4) is 0 Å². The van der Waals surface area contributed by atoms with Gasteiger partial charge in [0.05, 0.1) is 39.6 Å². The van der Waals surface area contributed by atoms with Crippen molar-refractivity contribution in [2.45, 2.75) is 0 Å². The normalized spacial score (nSPS) is 10.1. The number of Topliss-reactive ketones (excluding diaryl/α,β-unsaturated/α-hetero) is 1. The molecule has 10 nitrogen and oxygen atoms in total. The molecule has 0 aliphatic carbocycles. The van der Waals surface area contributed by atoms with E-state index in [0.29, 0.717) is 58.3 Å². The Morgan fingerprint density at radius 3 is 2.33 bits per heavy atom. The van der Waals surface area contributed by atoms with Gasteiger partial charge in [0.15, 0.2) is 6.29 Å². The Labute approximate surface area is 156 Å². The number of hydrogen-bond acceptors (Lipinski definition) is 7. The maximum Gasteiger partial charge on any atom is 0.251 e. The number of nitrogens with one attached hydrogen (secondary N) is 1. The molecular formula is C17H22N4O6. The number of hydrogen-bond donors (Lipinski definition) is 1. The van der Waals surface area contributed by atoms with E-state index in [2.05, 4.69) is 15.3 Å². The van der Waals surface area contributed by atoms with Crippen molar-refractivity contribution >= 4 is 18.0 Å². The molecule has 0 atom stereocenters. The van der Waals surface area contributed by atoms with Crippen LogP contribution in [0.3, 0.4) is 0 Å². The molecule has 1 aromatic rings. The van der Waals surface area contributed by atoms with E-state index in [1.54, 1.807) is 12.1 Å². The number of rotatable bonds is 15. The average Bonchev–Trinajstić information content (AvgIpc) is 2.70. The Morgan fingerprint density at radius 2 is 1.67 bits per heavy atom. The minimum Gasteiger partial charge on any atom is -0.379 e. The first-order valence-electron chi connectivity index (χ1n) is 8.31. The molecule has 0 aromatic heterocycles. The van der Waals surface area contributed by atoms with Crippen molar-refractivity contribution in [3.05, 3.63) is 45.8 Å². The lowest BCUT2D eigenvalue weighted by atomic mass is 10.1. The van der Waals surface area contributed by atoms with Gasteiger partial charge in [-0.3, -0.25) is 14.4 Å². The summed E-state index contributed by atoms with van der Waals surface area (Å²) in [6.07, 6.45) is 0.211. The number of benzene rings is 1. The zero-order valence-corrected chi connectivity index (χ0v) is 14.8. The van der Waals surface area contributed by atoms with Crippen molar-refractivity contribution in [3.63, 3.8) is 0 Å². The van der Waals surface area contributed by atoms with Gasteiger partial charge in [-0.15, -0.1) is 0 Å². The van der Waals surface area contributed by atoms with Gasteiger partial charge in [0.25, 0.3) is 5.91 Å². The summed E-state index contributed by atoms with van der Waals surface area (Å²) in [5.41, 5.74) is 8.55. The summed E-state index contributed by atoms with van der Waals surface area (Å²) in [6, 6.07) is 5.94. The van der Waals surface area contributed by atoms with Crippen LogP contribution < -0.4 is 5.32 Å². The number of nitrogens with zero attached hydrogens (tertiary/aromatic N) is 3. The lowest BCUT2D eigenvalue weighted by molar-refractivity contribution is -0.104. The predicted molar refractivity (Wildman–Crippen MR) is 95.6 cm³/mol. The van der Waals surface area contributed by atoms with E-state index in [0.717, 1.165) is 0 Å². The van der Waals surface area contributed by atoms with E-state index < -0.39 is 5.78 Å². The lowest BCUT2D eigenvalue weighted by Gasteiger charge is -2.08. The van der Waals surface area contributed by atoms with Gasteiger partial charge in [-0.2, -0.15) is 0 Å². The molecule has 0 spiro atoms. The largest absolute Gasteiger partial charge is 0.379 e. The van der Waals surface area contributed by atoms with Gasteiger partial charge in [0.1, 0.15) is 0 Å². The van der Waals surface area contributed by atoms with Gasteiger partial charge in [0, 0.05) is 29.1 Å². The molecule has 0 unspecified atom stereocenters. The van der Waals surface area contributed by atoms with Crippen LogP contribution in [0.4, 0.5) is 0 Å². The molecule has 0 bridgehead atoms. The van der Waals surface area contributed by atoms with Gasteiger partial charge < -0.3 is 19.5 Å². The molecule has 1 N–H and O–H groups in total. The van der Waals surface area contributed by atoms with E-state index in [9.17, 15) is 14.4 Å². The Kier molecular flexibility index (Phi) is 11.9. The standard InChI is InChI=1S/C17H22N4O6/c18-21-20-5-7-26-9-11-27-10-8-25-6-4-19-17(24)15-3-1-2-14(12-15)16(23)13-22/h1-3,12-13H,4-11H2,(H,19,24). The molecule has 1 amide bonds. The van der Waals surface area contributed by atoms with Crippen LogP contribution in [0.15, 0.2) is 29.4 Å². The van der Waals surface area contributed by atoms with E-state index >= 15 is 0 Å². The minimum absolute atomic E-state index is 0.174. The Balaban J connectivity index is 2.05. The fraction of sp³-hybridized carbons (Fsp3) is 0.471. The number of carbonyl (C=O) groups excluding carboxylic acids is 3. The molecule has 27 heavy (non-hydrogen) atoms. The predicted octanol–water partition coefficient (Wildman–Crippen LogP) is 1.16. The highest BCUT2D eigenvalue weighted by Gasteiger charge is 2.09. The second kappa shape index (κ2) is 14.4. The number of ketones is 1. The first-order valence-corrected chi connectivity index (χ1v) is 8.31. The highest BCUT2D eigenvalue weighted by molar-refractivity contribution is 6.33. The monoisotopic (exact) mass is 378 g/mol. The van der Waals surface area contributed by atoms with Gasteiger partial charge >= 0.3 is 0 Å². The summed E-state index contributed by atoms with van der Waals surface area (Å²) in [5, 5.41) is 5.99. The molecular weight excluding hydrogens is 356 g/mol. The average molecular weight is 378 g/mol. The molecule has 10 heteroatoms. The summed E-state index contributed by atoms with van der Waals surface area (Å²) in [5.74, 6) is -1.03. The van der Waals surface area contributed by atoms with Gasteiger partial charge in [0.2, 0.25) is 5.78 Å². The van der Waals surface area contributed by atoms with Crippen LogP contribution in [-0.2, 0) is 19.0 Å². The van der Waals surface area contributed by atoms with Crippen molar-refractivity contribution in [2.24, 2.45) is 5.11 Å². The molecule has 0 saturated heterocycles. The van der Waals surface area contributed by atoms with Gasteiger partial charge in [-0.25, -0.2) is 0 Å². The van der Waals surface area contributed by atoms with Crippen LogP contribution in [0.2, 0.25) is 0 Å². The van der Waals surface area contributed by atoms with Gasteiger partial charge in [-0.1, -0.05) is 17.2 Å². The van der Waals surface area contributed by atoms with E-state index in [1.807, 2.05) is 0 Å². The smallest absolute Gasteiger partial charge is 0.251 e. The third kappa shape index (κ3) is 10.1. The quantitative estimate of drug-likeness (QED) is 0.0923. The van der Waals surface area contributed by atoms with Crippen LogP contribution >= 0.6 is 0 Å². The second-order valence-electron chi connectivity index (χ2n) is 5.11. The van der Waals surface area contributed by atoms with Crippen LogP contribution in [-0.4, -0.2) is 70.7 Å². The van der Waals surface area contributed by atoms with Crippen molar-refractivity contribution in [2.75, 3.05) is 52.7 Å². The number of ether oxygens (including phenoxy) is 3. The summed E-state index contributed by atoms with van der Waals surface area (Å²) in [4.78, 5) is 36.4. The van der Waals surface area contributed by atoms with Gasteiger partial charge in [-0.05, 0) is 17.7 Å². The highest BCUT2D eigenvalue weighted by Crippen LogP contribution is 2.05. The first-order chi connectivity index (χ1) is 13.2. The molecule has 0 saturated carbocycles. The van der Waals surface area contributed by atoms with Crippen molar-refractivity contribution < 1.29 is 28.6 Å². The SMILES string of the molecule is [N-]=[N+]=NCCOCCOCCOCCNC(=O)c1cccc(C(=O)C=O)c1. The molecule has 0 aliphatic rings. The first kappa shape index (κ1) is 22.3. The fourth-order valence-electron chi connectivity index (χ4n) is 1.91. The lowest BCUT2D eigenvalue weighted by Crippen LogP contribution is -2.27. The van der Waals surface area contributed by atoms with E-state index in [4.69, 9.17) is 19.7 Å². The number of azide groups is 1. The Morgan fingerprint density at radius 1 is 1.04 bits per heavy atom. The maximum absolute atomic E-state index is 12.0. The zero-order chi connectivity index (χ0) is 19.7. The molecule has 146 valence electrons. The topological polar surface area (TPSA) is 140 Å². The molecule has 0 fully saturated rings. The molecule has 0 aliphatic heterocycles. The summed E-state index contributed by atoms with van der Waals surface area (Å²) in [6.45, 7) is 2.84. The maximum atomic E-state index is 12.0. The number of aldehydes is 1. The second-order valence-corrected chi connectivity index (χ2v) is 5.11.